The number of rotatable bonds is 4. The van der Waals surface area contributed by atoms with E-state index in [9.17, 15) is 0 Å². The maximum atomic E-state index is 5.84. The zero-order valence-corrected chi connectivity index (χ0v) is 10.7. The van der Waals surface area contributed by atoms with E-state index < -0.39 is 0 Å². The fraction of sp³-hybridized carbons (Fsp3) is 0.538. The second kappa shape index (κ2) is 4.84. The minimum atomic E-state index is 0.685. The number of aryl methyl sites for hydroxylation is 2. The Bertz CT molecular complexity index is 529. The zero-order valence-electron chi connectivity index (χ0n) is 10.7. The van der Waals surface area contributed by atoms with Crippen LogP contribution in [-0.4, -0.2) is 26.2 Å². The van der Waals surface area contributed by atoms with E-state index in [0.717, 1.165) is 25.1 Å². The highest BCUT2D eigenvalue weighted by Crippen LogP contribution is 2.24. The summed E-state index contributed by atoms with van der Waals surface area (Å²) < 4.78 is 9.73. The molecule has 0 bridgehead atoms. The van der Waals surface area contributed by atoms with E-state index in [-0.39, 0.29) is 0 Å². The number of nitrogens with zero attached hydrogens (tertiary/aromatic N) is 4. The van der Waals surface area contributed by atoms with Crippen LogP contribution in [0.2, 0.25) is 0 Å². The molecular weight excluding hydrogens is 228 g/mol. The molecule has 2 aromatic heterocycles. The van der Waals surface area contributed by atoms with Crippen LogP contribution in [0, 0.1) is 0 Å². The van der Waals surface area contributed by atoms with Crippen LogP contribution >= 0.6 is 0 Å². The lowest BCUT2D eigenvalue weighted by Gasteiger charge is -2.14. The summed E-state index contributed by atoms with van der Waals surface area (Å²) in [5, 5.41) is 8.51. The average Bonchev–Trinajstić information content (AvgIpc) is 2.97. The van der Waals surface area contributed by atoms with Gasteiger partial charge >= 0.3 is 0 Å². The molecule has 5 nitrogen and oxygen atoms in total. The van der Waals surface area contributed by atoms with Gasteiger partial charge < -0.3 is 4.74 Å². The highest BCUT2D eigenvalue weighted by Gasteiger charge is 2.15. The molecule has 1 aliphatic heterocycles. The fourth-order valence-corrected chi connectivity index (χ4v) is 2.39. The predicted molar refractivity (Wildman–Crippen MR) is 67.6 cm³/mol. The van der Waals surface area contributed by atoms with Gasteiger partial charge in [0.25, 0.3) is 0 Å². The fourth-order valence-electron chi connectivity index (χ4n) is 2.39. The normalized spacial score (nSPS) is 14.5. The van der Waals surface area contributed by atoms with Crippen LogP contribution in [0.1, 0.15) is 24.1 Å². The minimum Gasteiger partial charge on any atom is -0.490 e. The van der Waals surface area contributed by atoms with Gasteiger partial charge in [0.05, 0.1) is 24.7 Å². The van der Waals surface area contributed by atoms with Gasteiger partial charge in [-0.1, -0.05) is 0 Å². The van der Waals surface area contributed by atoms with Crippen molar-refractivity contribution < 1.29 is 4.74 Å². The monoisotopic (exact) mass is 246 g/mol. The lowest BCUT2D eigenvalue weighted by atomic mass is 10.1. The molecule has 0 fully saturated rings. The molecule has 5 heteroatoms. The molecular formula is C13H18N4O. The summed E-state index contributed by atoms with van der Waals surface area (Å²) in [6, 6.07) is 0. The summed E-state index contributed by atoms with van der Waals surface area (Å²) in [7, 11) is 1.93. The molecule has 0 unspecified atom stereocenters. The molecule has 0 saturated heterocycles. The minimum absolute atomic E-state index is 0.685. The van der Waals surface area contributed by atoms with Crippen molar-refractivity contribution >= 4 is 0 Å². The third-order valence-corrected chi connectivity index (χ3v) is 3.35. The Morgan fingerprint density at radius 2 is 2.22 bits per heavy atom. The van der Waals surface area contributed by atoms with Crippen LogP contribution in [0.3, 0.4) is 0 Å². The summed E-state index contributed by atoms with van der Waals surface area (Å²) in [4.78, 5) is 0. The molecule has 0 atom stereocenters. The smallest absolute Gasteiger partial charge is 0.160 e. The van der Waals surface area contributed by atoms with Crippen molar-refractivity contribution in [3.8, 4) is 5.75 Å². The second-order valence-electron chi connectivity index (χ2n) is 4.76. The molecule has 0 aliphatic carbocycles. The Morgan fingerprint density at radius 1 is 1.28 bits per heavy atom. The Kier molecular flexibility index (Phi) is 3.04. The topological polar surface area (TPSA) is 44.9 Å². The Hall–Kier alpha value is -1.78. The largest absolute Gasteiger partial charge is 0.490 e. The van der Waals surface area contributed by atoms with Gasteiger partial charge in [-0.15, -0.1) is 0 Å². The van der Waals surface area contributed by atoms with E-state index in [1.54, 1.807) is 0 Å². The highest BCUT2D eigenvalue weighted by molar-refractivity contribution is 5.26. The van der Waals surface area contributed by atoms with Gasteiger partial charge in [-0.05, 0) is 24.8 Å². The van der Waals surface area contributed by atoms with Crippen LogP contribution in [0.4, 0.5) is 0 Å². The van der Waals surface area contributed by atoms with E-state index in [0.29, 0.717) is 6.61 Å². The summed E-state index contributed by atoms with van der Waals surface area (Å²) in [5.74, 6) is 0.957. The van der Waals surface area contributed by atoms with Crippen molar-refractivity contribution in [1.82, 2.24) is 19.6 Å². The van der Waals surface area contributed by atoms with E-state index in [1.807, 2.05) is 30.3 Å². The van der Waals surface area contributed by atoms with Gasteiger partial charge in [0.1, 0.15) is 0 Å². The second-order valence-corrected chi connectivity index (χ2v) is 4.76. The van der Waals surface area contributed by atoms with E-state index in [4.69, 9.17) is 4.74 Å². The molecule has 1 aliphatic rings. The van der Waals surface area contributed by atoms with Crippen molar-refractivity contribution in [2.24, 2.45) is 7.05 Å². The Labute approximate surface area is 106 Å². The molecule has 0 saturated carbocycles. The first kappa shape index (κ1) is 11.3. The van der Waals surface area contributed by atoms with Crippen molar-refractivity contribution in [1.29, 1.82) is 0 Å². The quantitative estimate of drug-likeness (QED) is 0.822. The summed E-state index contributed by atoms with van der Waals surface area (Å²) >= 11 is 0. The Morgan fingerprint density at radius 3 is 3.06 bits per heavy atom. The van der Waals surface area contributed by atoms with Gasteiger partial charge in [-0.3, -0.25) is 9.36 Å². The van der Waals surface area contributed by atoms with Crippen molar-refractivity contribution in [2.45, 2.75) is 32.2 Å². The van der Waals surface area contributed by atoms with E-state index >= 15 is 0 Å². The lowest BCUT2D eigenvalue weighted by molar-refractivity contribution is 0.314. The Balaban J connectivity index is 1.58. The van der Waals surface area contributed by atoms with Gasteiger partial charge in [-0.2, -0.15) is 10.2 Å². The maximum absolute atomic E-state index is 5.84. The van der Waals surface area contributed by atoms with Gasteiger partial charge in [0.2, 0.25) is 0 Å². The number of aromatic nitrogens is 4. The molecule has 2 aromatic rings. The predicted octanol–water partition coefficient (Wildman–Crippen LogP) is 1.57. The van der Waals surface area contributed by atoms with E-state index in [1.165, 1.54) is 24.1 Å². The number of hydrogen-bond donors (Lipinski definition) is 0. The number of hydrogen-bond acceptors (Lipinski definition) is 3. The van der Waals surface area contributed by atoms with Gasteiger partial charge in [0, 0.05) is 26.2 Å². The first-order valence-corrected chi connectivity index (χ1v) is 6.48. The molecule has 0 radical (unpaired) electrons. The molecule has 0 aromatic carbocycles. The molecule has 96 valence electrons. The third kappa shape index (κ3) is 2.25. The SMILES string of the molecule is Cn1cc(CCOc2cnn3c2CCCC3)cn1. The molecule has 3 heterocycles. The molecule has 0 amide bonds. The molecule has 18 heavy (non-hydrogen) atoms. The van der Waals surface area contributed by atoms with Crippen LogP contribution in [0.5, 0.6) is 5.75 Å². The number of ether oxygens (including phenoxy) is 1. The summed E-state index contributed by atoms with van der Waals surface area (Å²) in [6.07, 6.45) is 10.2. The molecule has 0 N–H and O–H groups in total. The average molecular weight is 246 g/mol. The van der Waals surface area contributed by atoms with Crippen LogP contribution in [0.25, 0.3) is 0 Å². The van der Waals surface area contributed by atoms with Crippen LogP contribution in [0.15, 0.2) is 18.6 Å². The van der Waals surface area contributed by atoms with Gasteiger partial charge in [0.15, 0.2) is 5.75 Å². The highest BCUT2D eigenvalue weighted by atomic mass is 16.5. The van der Waals surface area contributed by atoms with Crippen molar-refractivity contribution in [2.75, 3.05) is 6.61 Å². The summed E-state index contributed by atoms with van der Waals surface area (Å²) in [6.45, 7) is 1.71. The lowest BCUT2D eigenvalue weighted by Crippen LogP contribution is -2.12. The zero-order chi connectivity index (χ0) is 12.4. The van der Waals surface area contributed by atoms with Crippen molar-refractivity contribution in [3.05, 3.63) is 29.8 Å². The summed E-state index contributed by atoms with van der Waals surface area (Å²) in [5.41, 5.74) is 2.46. The maximum Gasteiger partial charge on any atom is 0.160 e. The number of fused-ring (bicyclic) bond motifs is 1. The van der Waals surface area contributed by atoms with Crippen molar-refractivity contribution in [3.63, 3.8) is 0 Å². The first-order valence-electron chi connectivity index (χ1n) is 6.48. The standard InChI is InChI=1S/C13H18N4O/c1-16-10-11(8-14-16)5-7-18-13-9-15-17-6-3-2-4-12(13)17/h8-10H,2-7H2,1H3. The van der Waals surface area contributed by atoms with E-state index in [2.05, 4.69) is 14.9 Å². The first-order chi connectivity index (χ1) is 8.83. The molecule has 0 spiro atoms. The van der Waals surface area contributed by atoms with Crippen LogP contribution < -0.4 is 4.74 Å². The third-order valence-electron chi connectivity index (χ3n) is 3.35. The molecule has 3 rings (SSSR count). The van der Waals surface area contributed by atoms with Crippen LogP contribution in [-0.2, 0) is 26.4 Å². The van der Waals surface area contributed by atoms with Gasteiger partial charge in [-0.25, -0.2) is 0 Å².